The summed E-state index contributed by atoms with van der Waals surface area (Å²) in [4.78, 5) is 12.3. The van der Waals surface area contributed by atoms with Crippen molar-refractivity contribution in [1.29, 1.82) is 0 Å². The van der Waals surface area contributed by atoms with Crippen molar-refractivity contribution in [3.8, 4) is 0 Å². The molecule has 3 N–H and O–H groups in total. The van der Waals surface area contributed by atoms with E-state index in [4.69, 9.17) is 5.73 Å². The van der Waals surface area contributed by atoms with Gasteiger partial charge in [-0.3, -0.25) is 4.79 Å². The minimum atomic E-state index is -0.135. The third-order valence-corrected chi connectivity index (χ3v) is 3.30. The number of hydrogen-bond donors (Lipinski definition) is 2. The Kier molecular flexibility index (Phi) is 4.13. The van der Waals surface area contributed by atoms with E-state index in [9.17, 15) is 4.79 Å². The van der Waals surface area contributed by atoms with Crippen LogP contribution in [0.25, 0.3) is 0 Å². The average molecular weight is 271 g/mol. The van der Waals surface area contributed by atoms with E-state index in [1.807, 2.05) is 29.7 Å². The SMILES string of the molecule is CCn1cc(N)cc1C(=O)Nc1cccc(C(C)C)c1. The number of nitrogen functional groups attached to an aromatic ring is 1. The van der Waals surface area contributed by atoms with E-state index in [-0.39, 0.29) is 5.91 Å². The molecule has 0 aliphatic rings. The summed E-state index contributed by atoms with van der Waals surface area (Å²) in [6.07, 6.45) is 1.78. The summed E-state index contributed by atoms with van der Waals surface area (Å²) < 4.78 is 1.84. The van der Waals surface area contributed by atoms with Crippen molar-refractivity contribution in [3.63, 3.8) is 0 Å². The van der Waals surface area contributed by atoms with Gasteiger partial charge in [-0.25, -0.2) is 0 Å². The molecular formula is C16H21N3O. The molecule has 1 aromatic carbocycles. The number of nitrogens with two attached hydrogens (primary N) is 1. The number of carbonyl (C=O) groups is 1. The number of rotatable bonds is 4. The number of anilines is 2. The summed E-state index contributed by atoms with van der Waals surface area (Å²) in [7, 11) is 0. The van der Waals surface area contributed by atoms with Crippen LogP contribution in [0.1, 0.15) is 42.7 Å². The monoisotopic (exact) mass is 271 g/mol. The van der Waals surface area contributed by atoms with Gasteiger partial charge in [0.15, 0.2) is 0 Å². The molecule has 4 heteroatoms. The van der Waals surface area contributed by atoms with Crippen molar-refractivity contribution in [3.05, 3.63) is 47.8 Å². The standard InChI is InChI=1S/C16H21N3O/c1-4-19-10-13(17)9-15(19)16(20)18-14-7-5-6-12(8-14)11(2)3/h5-11H,4,17H2,1-3H3,(H,18,20). The van der Waals surface area contributed by atoms with Crippen molar-refractivity contribution in [2.45, 2.75) is 33.2 Å². The molecule has 0 aliphatic carbocycles. The Morgan fingerprint density at radius 3 is 2.75 bits per heavy atom. The fourth-order valence-corrected chi connectivity index (χ4v) is 2.16. The van der Waals surface area contributed by atoms with Crippen LogP contribution in [0.2, 0.25) is 0 Å². The maximum absolute atomic E-state index is 12.3. The number of hydrogen-bond acceptors (Lipinski definition) is 2. The highest BCUT2D eigenvalue weighted by Gasteiger charge is 2.12. The van der Waals surface area contributed by atoms with Crippen molar-refractivity contribution < 1.29 is 4.79 Å². The third kappa shape index (κ3) is 3.02. The quantitative estimate of drug-likeness (QED) is 0.894. The zero-order chi connectivity index (χ0) is 14.7. The lowest BCUT2D eigenvalue weighted by atomic mass is 10.0. The normalized spacial score (nSPS) is 10.8. The molecule has 0 saturated carbocycles. The number of aromatic nitrogens is 1. The fourth-order valence-electron chi connectivity index (χ4n) is 2.16. The molecule has 4 nitrogen and oxygen atoms in total. The Bertz CT molecular complexity index is 614. The second kappa shape index (κ2) is 5.82. The second-order valence-corrected chi connectivity index (χ2v) is 5.18. The molecular weight excluding hydrogens is 250 g/mol. The molecule has 2 rings (SSSR count). The maximum Gasteiger partial charge on any atom is 0.272 e. The minimum absolute atomic E-state index is 0.135. The molecule has 20 heavy (non-hydrogen) atoms. The Labute approximate surface area is 119 Å². The van der Waals surface area contributed by atoms with Crippen molar-refractivity contribution in [1.82, 2.24) is 4.57 Å². The van der Waals surface area contributed by atoms with E-state index < -0.39 is 0 Å². The van der Waals surface area contributed by atoms with Crippen LogP contribution in [0, 0.1) is 0 Å². The van der Waals surface area contributed by atoms with E-state index >= 15 is 0 Å². The lowest BCUT2D eigenvalue weighted by Gasteiger charge is -2.10. The lowest BCUT2D eigenvalue weighted by molar-refractivity contribution is 0.101. The fraction of sp³-hybridized carbons (Fsp3) is 0.312. The summed E-state index contributed by atoms with van der Waals surface area (Å²) >= 11 is 0. The van der Waals surface area contributed by atoms with E-state index in [1.54, 1.807) is 12.3 Å². The molecule has 0 unspecified atom stereocenters. The number of nitrogens with one attached hydrogen (secondary N) is 1. The van der Waals surface area contributed by atoms with Gasteiger partial charge in [0.1, 0.15) is 5.69 Å². The Hall–Kier alpha value is -2.23. The van der Waals surface area contributed by atoms with Crippen LogP contribution >= 0.6 is 0 Å². The van der Waals surface area contributed by atoms with Crippen LogP contribution in [-0.4, -0.2) is 10.5 Å². The summed E-state index contributed by atoms with van der Waals surface area (Å²) in [5, 5.41) is 2.93. The van der Waals surface area contributed by atoms with Crippen LogP contribution < -0.4 is 11.1 Å². The first-order valence-electron chi connectivity index (χ1n) is 6.88. The molecule has 0 radical (unpaired) electrons. The van der Waals surface area contributed by atoms with Crippen molar-refractivity contribution in [2.75, 3.05) is 11.1 Å². The summed E-state index contributed by atoms with van der Waals surface area (Å²) in [6, 6.07) is 9.62. The predicted octanol–water partition coefficient (Wildman–Crippen LogP) is 3.47. The smallest absolute Gasteiger partial charge is 0.272 e. The van der Waals surface area contributed by atoms with Gasteiger partial charge in [-0.15, -0.1) is 0 Å². The maximum atomic E-state index is 12.3. The summed E-state index contributed by atoms with van der Waals surface area (Å²) in [6.45, 7) is 6.95. The van der Waals surface area contributed by atoms with Gasteiger partial charge in [-0.2, -0.15) is 0 Å². The number of amides is 1. The zero-order valence-electron chi connectivity index (χ0n) is 12.2. The van der Waals surface area contributed by atoms with Gasteiger partial charge in [0.05, 0.1) is 5.69 Å². The first-order valence-corrected chi connectivity index (χ1v) is 6.88. The van der Waals surface area contributed by atoms with E-state index in [2.05, 4.69) is 25.2 Å². The van der Waals surface area contributed by atoms with Crippen LogP contribution in [0.15, 0.2) is 36.5 Å². The third-order valence-electron chi connectivity index (χ3n) is 3.30. The van der Waals surface area contributed by atoms with Crippen LogP contribution in [-0.2, 0) is 6.54 Å². The molecule has 0 atom stereocenters. The Balaban J connectivity index is 2.21. The Morgan fingerprint density at radius 1 is 1.35 bits per heavy atom. The van der Waals surface area contributed by atoms with Gasteiger partial charge in [-0.1, -0.05) is 26.0 Å². The first kappa shape index (κ1) is 14.2. The van der Waals surface area contributed by atoms with Crippen LogP contribution in [0.3, 0.4) is 0 Å². The minimum Gasteiger partial charge on any atom is -0.397 e. The van der Waals surface area contributed by atoms with Gasteiger partial charge in [-0.05, 0) is 36.6 Å². The highest BCUT2D eigenvalue weighted by Crippen LogP contribution is 2.19. The van der Waals surface area contributed by atoms with Gasteiger partial charge in [0.25, 0.3) is 5.91 Å². The lowest BCUT2D eigenvalue weighted by Crippen LogP contribution is -2.16. The molecule has 1 aromatic heterocycles. The Morgan fingerprint density at radius 2 is 2.10 bits per heavy atom. The van der Waals surface area contributed by atoms with Crippen molar-refractivity contribution >= 4 is 17.3 Å². The zero-order valence-corrected chi connectivity index (χ0v) is 12.2. The molecule has 1 heterocycles. The molecule has 1 amide bonds. The summed E-state index contributed by atoms with van der Waals surface area (Å²) in [5.41, 5.74) is 8.95. The molecule has 0 saturated heterocycles. The second-order valence-electron chi connectivity index (χ2n) is 5.18. The largest absolute Gasteiger partial charge is 0.397 e. The number of nitrogens with zero attached hydrogens (tertiary/aromatic N) is 1. The predicted molar refractivity (Wildman–Crippen MR) is 83.0 cm³/mol. The van der Waals surface area contributed by atoms with E-state index in [0.717, 1.165) is 5.69 Å². The summed E-state index contributed by atoms with van der Waals surface area (Å²) in [5.74, 6) is 0.298. The average Bonchev–Trinajstić information content (AvgIpc) is 2.80. The van der Waals surface area contributed by atoms with Gasteiger partial charge in [0, 0.05) is 18.4 Å². The van der Waals surface area contributed by atoms with E-state index in [0.29, 0.717) is 23.8 Å². The topological polar surface area (TPSA) is 60.0 Å². The number of carbonyl (C=O) groups excluding carboxylic acids is 1. The first-order chi connectivity index (χ1) is 9.51. The van der Waals surface area contributed by atoms with Gasteiger partial charge < -0.3 is 15.6 Å². The van der Waals surface area contributed by atoms with Crippen molar-refractivity contribution in [2.24, 2.45) is 0 Å². The van der Waals surface area contributed by atoms with Gasteiger partial charge >= 0.3 is 0 Å². The highest BCUT2D eigenvalue weighted by molar-refractivity contribution is 6.03. The molecule has 0 aliphatic heterocycles. The van der Waals surface area contributed by atoms with Crippen LogP contribution in [0.5, 0.6) is 0 Å². The molecule has 0 bridgehead atoms. The van der Waals surface area contributed by atoms with E-state index in [1.165, 1.54) is 5.56 Å². The number of aryl methyl sites for hydroxylation is 1. The molecule has 0 spiro atoms. The molecule has 2 aromatic rings. The van der Waals surface area contributed by atoms with Gasteiger partial charge in [0.2, 0.25) is 0 Å². The highest BCUT2D eigenvalue weighted by atomic mass is 16.1. The molecule has 0 fully saturated rings. The molecule has 106 valence electrons. The number of benzene rings is 1. The van der Waals surface area contributed by atoms with Crippen LogP contribution in [0.4, 0.5) is 11.4 Å².